The molecular formula is C18H16F4N2O3S. The monoisotopic (exact) mass is 416 g/mol. The number of hydrogen-bond acceptors (Lipinski definition) is 3. The minimum absolute atomic E-state index is 0.0394. The number of carbonyl (C=O) groups excluding carboxylic acids is 1. The zero-order chi connectivity index (χ0) is 20.5. The van der Waals surface area contributed by atoms with E-state index in [9.17, 15) is 30.8 Å². The number of sulfonamides is 1. The van der Waals surface area contributed by atoms with E-state index in [1.165, 1.54) is 23.1 Å². The summed E-state index contributed by atoms with van der Waals surface area (Å²) in [4.78, 5) is 12.8. The Hall–Kier alpha value is -2.46. The zero-order valence-corrected chi connectivity index (χ0v) is 15.4. The van der Waals surface area contributed by atoms with Gasteiger partial charge in [-0.15, -0.1) is 0 Å². The van der Waals surface area contributed by atoms with Crippen LogP contribution in [0.4, 0.5) is 17.6 Å². The molecule has 1 fully saturated rings. The average Bonchev–Trinajstić information content (AvgIpc) is 2.66. The molecule has 1 aliphatic heterocycles. The van der Waals surface area contributed by atoms with Crippen LogP contribution in [0.15, 0.2) is 41.3 Å². The lowest BCUT2D eigenvalue weighted by molar-refractivity contribution is -0.131. The van der Waals surface area contributed by atoms with Crippen LogP contribution >= 0.6 is 0 Å². The second kappa shape index (κ2) is 7.88. The molecule has 0 atom stereocenters. The quantitative estimate of drug-likeness (QED) is 0.568. The molecule has 0 N–H and O–H groups in total. The fraction of sp³-hybridized carbons (Fsp3) is 0.278. The third-order valence-corrected chi connectivity index (χ3v) is 6.37. The van der Waals surface area contributed by atoms with Crippen LogP contribution in [0.3, 0.4) is 0 Å². The van der Waals surface area contributed by atoms with E-state index >= 15 is 0 Å². The van der Waals surface area contributed by atoms with E-state index in [0.717, 1.165) is 4.31 Å². The first-order valence-electron chi connectivity index (χ1n) is 8.36. The van der Waals surface area contributed by atoms with Gasteiger partial charge in [0.2, 0.25) is 15.9 Å². The predicted molar refractivity (Wildman–Crippen MR) is 91.8 cm³/mol. The van der Waals surface area contributed by atoms with Crippen LogP contribution < -0.4 is 0 Å². The van der Waals surface area contributed by atoms with E-state index < -0.39 is 38.2 Å². The molecule has 1 heterocycles. The first-order valence-corrected chi connectivity index (χ1v) is 9.80. The molecule has 0 aliphatic carbocycles. The van der Waals surface area contributed by atoms with Gasteiger partial charge >= 0.3 is 0 Å². The third kappa shape index (κ3) is 4.02. The van der Waals surface area contributed by atoms with Crippen molar-refractivity contribution >= 4 is 15.9 Å². The Balaban J connectivity index is 1.68. The van der Waals surface area contributed by atoms with Crippen molar-refractivity contribution in [2.24, 2.45) is 0 Å². The molecule has 0 bridgehead atoms. The van der Waals surface area contributed by atoms with Crippen molar-refractivity contribution < 1.29 is 30.8 Å². The third-order valence-electron chi connectivity index (χ3n) is 4.45. The number of piperazine rings is 1. The fourth-order valence-corrected chi connectivity index (χ4v) is 4.44. The maximum atomic E-state index is 13.9. The van der Waals surface area contributed by atoms with Crippen LogP contribution in [-0.4, -0.2) is 49.7 Å². The second-order valence-corrected chi connectivity index (χ2v) is 8.17. The van der Waals surface area contributed by atoms with Crippen LogP contribution in [0.1, 0.15) is 5.56 Å². The van der Waals surface area contributed by atoms with Crippen molar-refractivity contribution in [3.05, 3.63) is 65.2 Å². The van der Waals surface area contributed by atoms with Crippen molar-refractivity contribution in [1.29, 1.82) is 0 Å². The van der Waals surface area contributed by atoms with Gasteiger partial charge in [0.1, 0.15) is 10.7 Å². The van der Waals surface area contributed by atoms with E-state index in [1.54, 1.807) is 6.07 Å². The smallest absolute Gasteiger partial charge is 0.246 e. The SMILES string of the molecule is O=C(Cc1cccc(F)c1)N1CCN(S(=O)(=O)c2ccc(F)c(F)c2F)CC1. The summed E-state index contributed by atoms with van der Waals surface area (Å²) in [6.45, 7) is -0.178. The first-order chi connectivity index (χ1) is 13.2. The molecule has 5 nitrogen and oxygen atoms in total. The van der Waals surface area contributed by atoms with Crippen molar-refractivity contribution in [2.45, 2.75) is 11.3 Å². The van der Waals surface area contributed by atoms with E-state index in [-0.39, 0.29) is 38.5 Å². The van der Waals surface area contributed by atoms with Gasteiger partial charge in [-0.1, -0.05) is 12.1 Å². The van der Waals surface area contributed by atoms with Gasteiger partial charge in [0, 0.05) is 26.2 Å². The molecule has 1 saturated heterocycles. The summed E-state index contributed by atoms with van der Waals surface area (Å²) < 4.78 is 79.5. The zero-order valence-electron chi connectivity index (χ0n) is 14.5. The summed E-state index contributed by atoms with van der Waals surface area (Å²) in [6.07, 6.45) is -0.0394. The molecule has 0 spiro atoms. The van der Waals surface area contributed by atoms with Gasteiger partial charge in [-0.3, -0.25) is 4.79 Å². The van der Waals surface area contributed by atoms with Crippen molar-refractivity contribution in [3.63, 3.8) is 0 Å². The summed E-state index contributed by atoms with van der Waals surface area (Å²) in [5.74, 6) is -5.88. The first kappa shape index (κ1) is 20.3. The number of rotatable bonds is 4. The molecule has 0 saturated carbocycles. The number of benzene rings is 2. The maximum Gasteiger partial charge on any atom is 0.246 e. The summed E-state index contributed by atoms with van der Waals surface area (Å²) in [5, 5.41) is 0. The van der Waals surface area contributed by atoms with E-state index in [0.29, 0.717) is 17.7 Å². The van der Waals surface area contributed by atoms with E-state index in [1.807, 2.05) is 0 Å². The lowest BCUT2D eigenvalue weighted by Crippen LogP contribution is -2.51. The molecule has 0 radical (unpaired) electrons. The molecule has 3 rings (SSSR count). The Morgan fingerprint density at radius 2 is 1.61 bits per heavy atom. The molecule has 2 aromatic carbocycles. The topological polar surface area (TPSA) is 57.7 Å². The number of nitrogens with zero attached hydrogens (tertiary/aromatic N) is 2. The summed E-state index contributed by atoms with van der Waals surface area (Å²) in [5.41, 5.74) is 0.490. The predicted octanol–water partition coefficient (Wildman–Crippen LogP) is 2.32. The Bertz CT molecular complexity index is 1010. The molecule has 28 heavy (non-hydrogen) atoms. The summed E-state index contributed by atoms with van der Waals surface area (Å²) in [7, 11) is -4.38. The van der Waals surface area contributed by atoms with Gasteiger partial charge in [0.15, 0.2) is 17.5 Å². The largest absolute Gasteiger partial charge is 0.340 e. The van der Waals surface area contributed by atoms with Crippen molar-refractivity contribution in [1.82, 2.24) is 9.21 Å². The highest BCUT2D eigenvalue weighted by Gasteiger charge is 2.33. The lowest BCUT2D eigenvalue weighted by Gasteiger charge is -2.34. The number of carbonyl (C=O) groups is 1. The Morgan fingerprint density at radius 3 is 2.25 bits per heavy atom. The van der Waals surface area contributed by atoms with Gasteiger partial charge in [-0.25, -0.2) is 26.0 Å². The van der Waals surface area contributed by atoms with Crippen LogP contribution in [0.2, 0.25) is 0 Å². The van der Waals surface area contributed by atoms with E-state index in [2.05, 4.69) is 0 Å². The second-order valence-electron chi connectivity index (χ2n) is 6.27. The van der Waals surface area contributed by atoms with Crippen LogP contribution in [-0.2, 0) is 21.2 Å². The van der Waals surface area contributed by atoms with Crippen LogP contribution in [0.5, 0.6) is 0 Å². The fourth-order valence-electron chi connectivity index (χ4n) is 2.96. The molecule has 1 amide bonds. The van der Waals surface area contributed by atoms with Crippen LogP contribution in [0.25, 0.3) is 0 Å². The number of hydrogen-bond donors (Lipinski definition) is 0. The average molecular weight is 416 g/mol. The Kier molecular flexibility index (Phi) is 5.71. The Morgan fingerprint density at radius 1 is 0.929 bits per heavy atom. The van der Waals surface area contributed by atoms with Crippen LogP contribution in [0, 0.1) is 23.3 Å². The van der Waals surface area contributed by atoms with Gasteiger partial charge in [0.05, 0.1) is 6.42 Å². The Labute approximate surface area is 159 Å². The van der Waals surface area contributed by atoms with Gasteiger partial charge in [-0.2, -0.15) is 4.31 Å². The number of halogens is 4. The van der Waals surface area contributed by atoms with Gasteiger partial charge in [-0.05, 0) is 29.8 Å². The minimum Gasteiger partial charge on any atom is -0.340 e. The highest BCUT2D eigenvalue weighted by atomic mass is 32.2. The minimum atomic E-state index is -4.38. The maximum absolute atomic E-state index is 13.9. The summed E-state index contributed by atoms with van der Waals surface area (Å²) in [6, 6.07) is 6.81. The van der Waals surface area contributed by atoms with Gasteiger partial charge < -0.3 is 4.90 Å². The highest BCUT2D eigenvalue weighted by molar-refractivity contribution is 7.89. The van der Waals surface area contributed by atoms with Crippen molar-refractivity contribution in [2.75, 3.05) is 26.2 Å². The molecule has 150 valence electrons. The summed E-state index contributed by atoms with van der Waals surface area (Å²) >= 11 is 0. The highest BCUT2D eigenvalue weighted by Crippen LogP contribution is 2.24. The molecule has 2 aromatic rings. The normalized spacial score (nSPS) is 15.6. The van der Waals surface area contributed by atoms with Crippen molar-refractivity contribution in [3.8, 4) is 0 Å². The lowest BCUT2D eigenvalue weighted by atomic mass is 10.1. The molecule has 0 aromatic heterocycles. The molecule has 10 heteroatoms. The molecular weight excluding hydrogens is 400 g/mol. The standard InChI is InChI=1S/C18H16F4N2O3S/c19-13-3-1-2-12(10-13)11-16(25)23-6-8-24(9-7-23)28(26,27)15-5-4-14(20)17(21)18(15)22/h1-5,10H,6-9,11H2. The van der Waals surface area contributed by atoms with E-state index in [4.69, 9.17) is 0 Å². The molecule has 0 unspecified atom stereocenters. The number of amides is 1. The van der Waals surface area contributed by atoms with Gasteiger partial charge in [0.25, 0.3) is 0 Å². The molecule has 1 aliphatic rings.